The van der Waals surface area contributed by atoms with Crippen molar-refractivity contribution in [3.63, 3.8) is 0 Å². The third kappa shape index (κ3) is 26.7. The number of aryl methyl sites for hydroxylation is 6. The molecule has 0 bridgehead atoms. The van der Waals surface area contributed by atoms with Gasteiger partial charge in [0.25, 0.3) is 0 Å². The zero-order valence-corrected chi connectivity index (χ0v) is 80.1. The molecule has 19 nitrogen and oxygen atoms in total. The molecule has 0 atom stereocenters. The van der Waals surface area contributed by atoms with Crippen LogP contribution in [0.3, 0.4) is 0 Å². The topological polar surface area (TPSA) is 205 Å². The first kappa shape index (κ1) is 94.3. The van der Waals surface area contributed by atoms with Crippen LogP contribution in [0.25, 0.3) is 0 Å². The van der Waals surface area contributed by atoms with Crippen molar-refractivity contribution in [3.8, 4) is 0 Å². The van der Waals surface area contributed by atoms with Crippen LogP contribution in [-0.4, -0.2) is 84.4 Å². The van der Waals surface area contributed by atoms with Crippen LogP contribution in [0.15, 0.2) is 227 Å². The smallest absolute Gasteiger partial charge is 0.0542 e. The molecule has 0 unspecified atom stereocenters. The van der Waals surface area contributed by atoms with Crippen LogP contribution in [0, 0.1) is 32.1 Å². The maximum absolute atomic E-state index is 6.02. The Kier molecular flexibility index (Phi) is 37.7. The quantitative estimate of drug-likeness (QED) is 0.0599. The second kappa shape index (κ2) is 47.6. The third-order valence-corrected chi connectivity index (χ3v) is 21.0. The Morgan fingerprint density at radius 2 is 0.731 bits per heavy atom. The number of nitrogens with zero attached hydrogens (tertiary/aromatic N) is 11. The molecule has 119 heavy (non-hydrogen) atoms. The molecule has 607 valence electrons. The summed E-state index contributed by atoms with van der Waals surface area (Å²) in [6.45, 7) is 18.8. The molecule has 0 spiro atoms. The number of hydrogen-bond acceptors (Lipinski definition) is 15. The molecular formula is C94H100Cl3N19Y3-6. The summed E-state index contributed by atoms with van der Waals surface area (Å²) >= 11 is 17.6. The van der Waals surface area contributed by atoms with Gasteiger partial charge < -0.3 is 57.5 Å². The molecule has 3 radical (unpaired) electrons. The molecule has 12 aromatic rings. The van der Waals surface area contributed by atoms with Gasteiger partial charge in [0.05, 0.1) is 24.8 Å². The summed E-state index contributed by atoms with van der Waals surface area (Å²) in [5, 5.41) is 46.4. The molecule has 8 N–H and O–H groups in total. The van der Waals surface area contributed by atoms with Gasteiger partial charge in [0.2, 0.25) is 0 Å². The number of aliphatic imine (C=N–C) groups is 3. The monoisotopic (exact) mass is 1870 g/mol. The largest absolute Gasteiger partial charge is 0.473 e. The van der Waals surface area contributed by atoms with Gasteiger partial charge in [-0.25, -0.2) is 0 Å². The van der Waals surface area contributed by atoms with Gasteiger partial charge in [-0.2, -0.15) is 85.0 Å². The van der Waals surface area contributed by atoms with E-state index in [-0.39, 0.29) is 98.1 Å². The van der Waals surface area contributed by atoms with Crippen LogP contribution >= 0.6 is 34.8 Å². The molecule has 8 aromatic carbocycles. The molecule has 7 aliphatic heterocycles. The maximum atomic E-state index is 6.02. The Morgan fingerprint density at radius 1 is 0.378 bits per heavy atom. The zero-order chi connectivity index (χ0) is 81.3. The second-order valence-electron chi connectivity index (χ2n) is 28.3. The van der Waals surface area contributed by atoms with E-state index in [1.165, 1.54) is 101 Å². The molecule has 25 heteroatoms. The third-order valence-electron chi connectivity index (χ3n) is 20.3. The van der Waals surface area contributed by atoms with Crippen molar-refractivity contribution < 1.29 is 98.1 Å². The van der Waals surface area contributed by atoms with Crippen molar-refractivity contribution in [1.29, 1.82) is 0 Å². The standard InChI is InChI=1S/2C13H15N3.C13H14N2.C12H12ClN3.C12H11ClN2.C12H13N3.C12H12N2.C7H8ClN.3Y/c1-9-3-4-12-10(5-9)6-13-11(7-14-12)8-15-16(13)2;1-2-16-13-7-10-5-3-4-6-12(10)14-8-11(13)9-15-16;1-3-14-12-6-7-15-13-5-4-10(2)8-11(13)9-12;1-16-12-5-8-4-10(13)2-3-11(8)14-6-9(12)7-15-16;1-2-14-11-5-6-15-12-4-3-10(13)7-9(12)8-11;1-15-12-6-9-4-2-3-5-11(9)13-7-10(12)8-14-15;1-2-13-11-7-8-14-12-6-4-3-5-10(12)9-11;1-9-7-4-2-6(8)3-5-7;;;/h3-5,8,14H,6-7H2,1-2H3;3-6,9,14H,2,7-8H2,1H3;4-5,8,15H,6-7H2,1-2H3;2-4,7,14H,5-6H2,1H3;3-4,7,15H,5-6H2,1H3;2-5,8,13H,6-7H2,1H3;3-6,14H,7-8H2,1H3;2-5,9H,1H3;;;/q;;-2;;-2;;-2;;;;. The molecule has 0 fully saturated rings. The molecule has 19 rings (SSSR count). The van der Waals surface area contributed by atoms with Crippen molar-refractivity contribution >= 4 is 98.9 Å². The Bertz CT molecular complexity index is 5340. The first-order valence-corrected chi connectivity index (χ1v) is 40.3. The van der Waals surface area contributed by atoms with Crippen LogP contribution < -0.4 is 42.5 Å². The van der Waals surface area contributed by atoms with Gasteiger partial charge in [0.15, 0.2) is 0 Å². The molecule has 7 aliphatic rings. The van der Waals surface area contributed by atoms with Crippen LogP contribution in [-0.2, 0) is 178 Å². The van der Waals surface area contributed by atoms with E-state index in [9.17, 15) is 0 Å². The van der Waals surface area contributed by atoms with Crippen LogP contribution in [0.2, 0.25) is 15.1 Å². The van der Waals surface area contributed by atoms with Gasteiger partial charge in [-0.15, -0.1) is 38.5 Å². The number of rotatable bonds is 5. The number of halogens is 3. The first-order chi connectivity index (χ1) is 56.5. The second-order valence-corrected chi connectivity index (χ2v) is 29.7. The minimum atomic E-state index is 0. The number of fused-ring (bicyclic) bond motifs is 11. The van der Waals surface area contributed by atoms with Crippen molar-refractivity contribution in [3.05, 3.63) is 340 Å². The summed E-state index contributed by atoms with van der Waals surface area (Å²) < 4.78 is 7.99. The fraction of sp³-hybridized carbons (Fsp3) is 0.266. The van der Waals surface area contributed by atoms with E-state index in [4.69, 9.17) is 34.8 Å². The van der Waals surface area contributed by atoms with Gasteiger partial charge in [-0.3, -0.25) is 37.0 Å². The first-order valence-electron chi connectivity index (χ1n) is 39.2. The van der Waals surface area contributed by atoms with E-state index in [0.29, 0.717) is 5.02 Å². The molecule has 0 saturated heterocycles. The molecule has 4 aromatic heterocycles. The number of hydrogen-bond donors (Lipinski definition) is 8. The summed E-state index contributed by atoms with van der Waals surface area (Å²) in [4.78, 5) is 12.5. The molecule has 0 amide bonds. The van der Waals surface area contributed by atoms with Crippen molar-refractivity contribution in [2.45, 2.75) is 119 Å². The van der Waals surface area contributed by atoms with Gasteiger partial charge in [0.1, 0.15) is 0 Å². The van der Waals surface area contributed by atoms with Crippen LogP contribution in [0.4, 0.5) is 45.5 Å². The Balaban J connectivity index is 0.000000155. The van der Waals surface area contributed by atoms with E-state index in [0.717, 1.165) is 164 Å². The van der Waals surface area contributed by atoms with Gasteiger partial charge in [-0.1, -0.05) is 169 Å². The normalized spacial score (nSPS) is 13.6. The van der Waals surface area contributed by atoms with E-state index in [2.05, 4.69) is 231 Å². The van der Waals surface area contributed by atoms with Crippen molar-refractivity contribution in [1.82, 2.24) is 39.1 Å². The maximum Gasteiger partial charge on any atom is 0.0542 e. The minimum Gasteiger partial charge on any atom is -0.473 e. The molecule has 0 saturated carbocycles. The summed E-state index contributed by atoms with van der Waals surface area (Å²) in [7, 11) is 7.88. The van der Waals surface area contributed by atoms with Gasteiger partial charge in [-0.05, 0) is 121 Å². The Hall–Kier alpha value is -8.59. The van der Waals surface area contributed by atoms with Crippen molar-refractivity contribution in [2.24, 2.45) is 36.1 Å². The number of aromatic nitrogens is 8. The predicted octanol–water partition coefficient (Wildman–Crippen LogP) is 20.0. The minimum absolute atomic E-state index is 0. The zero-order valence-electron chi connectivity index (χ0n) is 69.4. The summed E-state index contributed by atoms with van der Waals surface area (Å²) in [6.07, 6.45) is 32.5. The van der Waals surface area contributed by atoms with E-state index < -0.39 is 0 Å². The molecular weight excluding hydrogens is 1770 g/mol. The number of para-hydroxylation sites is 3. The van der Waals surface area contributed by atoms with E-state index in [1.54, 1.807) is 13.8 Å². The Morgan fingerprint density at radius 3 is 1.21 bits per heavy atom. The fourth-order valence-electron chi connectivity index (χ4n) is 14.1. The number of benzene rings is 8. The summed E-state index contributed by atoms with van der Waals surface area (Å²) in [6, 6.07) is 57.3. The average molecular weight is 1870 g/mol. The van der Waals surface area contributed by atoms with Gasteiger partial charge >= 0.3 is 0 Å². The van der Waals surface area contributed by atoms with Crippen LogP contribution in [0.5, 0.6) is 0 Å². The number of anilines is 8. The van der Waals surface area contributed by atoms with Crippen LogP contribution in [0.1, 0.15) is 142 Å². The molecule has 11 heterocycles. The SMILES string of the molecule is CCn1ncc2c1Cc1ccccc1NC2.CNc1ccc(Cl)cc1.C[C-]=NC1=[C-]c2cc(C)ccc2NCC1.C[C-]=NC1=[C-]c2cc(Cl)ccc2NCC1.C[C-]=NC1=[C-]c2ccccc2NCC1.Cc1ccc2c(c1)Cc1c(cnn1C)CN2.Cn1ncc2c1Cc1cc(Cl)ccc1NC2.Cn1ncc2c1Cc1ccccc1NC2.[Y].[Y].[Y]. The predicted molar refractivity (Wildman–Crippen MR) is 480 cm³/mol. The van der Waals surface area contributed by atoms with Crippen molar-refractivity contribution in [2.75, 3.05) is 69.2 Å². The molecule has 0 aliphatic carbocycles. The fourth-order valence-corrected chi connectivity index (χ4v) is 14.6. The van der Waals surface area contributed by atoms with Gasteiger partial charge in [0, 0.05) is 268 Å². The van der Waals surface area contributed by atoms with E-state index >= 15 is 0 Å². The Labute approximate surface area is 792 Å². The average Bonchev–Trinajstić information content (AvgIpc) is 1.68. The summed E-state index contributed by atoms with van der Waals surface area (Å²) in [5.41, 5.74) is 33.6. The number of nitrogens with one attached hydrogen (secondary N) is 8. The summed E-state index contributed by atoms with van der Waals surface area (Å²) in [5.74, 6) is 0. The van der Waals surface area contributed by atoms with E-state index in [1.807, 2.05) is 153 Å².